The molecule has 0 radical (unpaired) electrons. The Bertz CT molecular complexity index is 81.9. The molecular formula is C10H23NS. The molecule has 0 aromatic heterocycles. The molecule has 0 fully saturated rings. The summed E-state index contributed by atoms with van der Waals surface area (Å²) in [5, 5.41) is 0. The molecule has 0 saturated carbocycles. The summed E-state index contributed by atoms with van der Waals surface area (Å²) >= 11 is 2.08. The summed E-state index contributed by atoms with van der Waals surface area (Å²) < 4.78 is 0. The Morgan fingerprint density at radius 2 is 1.67 bits per heavy atom. The van der Waals surface area contributed by atoms with Gasteiger partial charge in [-0.15, -0.1) is 11.8 Å². The van der Waals surface area contributed by atoms with Crippen LogP contribution in [-0.4, -0.2) is 29.6 Å². The molecule has 1 nitrogen and oxygen atoms in total. The fourth-order valence-electron chi connectivity index (χ4n) is 1.05. The first-order valence-electron chi connectivity index (χ1n) is 5.15. The van der Waals surface area contributed by atoms with Crippen molar-refractivity contribution in [2.75, 3.05) is 24.7 Å². The summed E-state index contributed by atoms with van der Waals surface area (Å²) in [6.45, 7) is 9.11. The van der Waals surface area contributed by atoms with E-state index in [2.05, 4.69) is 37.4 Å². The Balaban J connectivity index is 3.06. The molecular weight excluding hydrogens is 166 g/mol. The summed E-state index contributed by atoms with van der Waals surface area (Å²) in [5.41, 5.74) is 0. The van der Waals surface area contributed by atoms with Crippen molar-refractivity contribution in [3.05, 3.63) is 0 Å². The van der Waals surface area contributed by atoms with E-state index in [1.54, 1.807) is 0 Å². The van der Waals surface area contributed by atoms with Gasteiger partial charge in [-0.25, -0.2) is 0 Å². The SMILES string of the molecule is CCCCCSCN(CC)CC. The second-order valence-corrected chi connectivity index (χ2v) is 4.12. The zero-order valence-electron chi connectivity index (χ0n) is 8.81. The van der Waals surface area contributed by atoms with Crippen LogP contribution >= 0.6 is 11.8 Å². The van der Waals surface area contributed by atoms with Crippen LogP contribution in [0.15, 0.2) is 0 Å². The van der Waals surface area contributed by atoms with E-state index in [0.717, 1.165) is 0 Å². The van der Waals surface area contributed by atoms with E-state index in [0.29, 0.717) is 0 Å². The van der Waals surface area contributed by atoms with Gasteiger partial charge in [0.25, 0.3) is 0 Å². The molecule has 74 valence electrons. The van der Waals surface area contributed by atoms with E-state index in [1.807, 2.05) is 0 Å². The van der Waals surface area contributed by atoms with Crippen LogP contribution in [-0.2, 0) is 0 Å². The van der Waals surface area contributed by atoms with E-state index in [1.165, 1.54) is 44.0 Å². The third-order valence-electron chi connectivity index (χ3n) is 2.06. The normalized spacial score (nSPS) is 11.0. The zero-order valence-corrected chi connectivity index (χ0v) is 9.62. The molecule has 0 N–H and O–H groups in total. The van der Waals surface area contributed by atoms with Gasteiger partial charge in [-0.1, -0.05) is 33.6 Å². The number of hydrogen-bond acceptors (Lipinski definition) is 2. The lowest BCUT2D eigenvalue weighted by Crippen LogP contribution is -2.22. The largest absolute Gasteiger partial charge is 0.295 e. The first-order valence-corrected chi connectivity index (χ1v) is 6.30. The second-order valence-electron chi connectivity index (χ2n) is 3.05. The average Bonchev–Trinajstić information content (AvgIpc) is 2.11. The summed E-state index contributed by atoms with van der Waals surface area (Å²) in [6, 6.07) is 0. The Hall–Kier alpha value is 0.310. The predicted molar refractivity (Wildman–Crippen MR) is 59.8 cm³/mol. The smallest absolute Gasteiger partial charge is 0.0444 e. The van der Waals surface area contributed by atoms with Crippen molar-refractivity contribution in [1.82, 2.24) is 4.90 Å². The number of hydrogen-bond donors (Lipinski definition) is 0. The van der Waals surface area contributed by atoms with Crippen LogP contribution in [0.5, 0.6) is 0 Å². The molecule has 12 heavy (non-hydrogen) atoms. The molecule has 0 unspecified atom stereocenters. The van der Waals surface area contributed by atoms with Crippen molar-refractivity contribution >= 4 is 11.8 Å². The van der Waals surface area contributed by atoms with Crippen molar-refractivity contribution in [2.24, 2.45) is 0 Å². The summed E-state index contributed by atoms with van der Waals surface area (Å²) in [5.74, 6) is 2.56. The van der Waals surface area contributed by atoms with Gasteiger partial charge in [0.05, 0.1) is 0 Å². The van der Waals surface area contributed by atoms with Gasteiger partial charge >= 0.3 is 0 Å². The van der Waals surface area contributed by atoms with Crippen molar-refractivity contribution in [1.29, 1.82) is 0 Å². The van der Waals surface area contributed by atoms with Crippen LogP contribution in [0.3, 0.4) is 0 Å². The van der Waals surface area contributed by atoms with Crippen LogP contribution < -0.4 is 0 Å². The maximum atomic E-state index is 2.47. The number of thioether (sulfide) groups is 1. The van der Waals surface area contributed by atoms with E-state index in [9.17, 15) is 0 Å². The van der Waals surface area contributed by atoms with E-state index in [-0.39, 0.29) is 0 Å². The molecule has 0 bridgehead atoms. The summed E-state index contributed by atoms with van der Waals surface area (Å²) in [7, 11) is 0. The van der Waals surface area contributed by atoms with Crippen LogP contribution in [0.25, 0.3) is 0 Å². The van der Waals surface area contributed by atoms with Crippen molar-refractivity contribution in [3.63, 3.8) is 0 Å². The number of rotatable bonds is 8. The molecule has 0 amide bonds. The minimum absolute atomic E-state index is 1.19. The lowest BCUT2D eigenvalue weighted by molar-refractivity contribution is 0.358. The van der Waals surface area contributed by atoms with Crippen LogP contribution in [0.2, 0.25) is 0 Å². The topological polar surface area (TPSA) is 3.24 Å². The van der Waals surface area contributed by atoms with Crippen LogP contribution in [0, 0.1) is 0 Å². The molecule has 0 saturated heterocycles. The van der Waals surface area contributed by atoms with Crippen molar-refractivity contribution in [3.8, 4) is 0 Å². The van der Waals surface area contributed by atoms with Crippen LogP contribution in [0.1, 0.15) is 40.0 Å². The van der Waals surface area contributed by atoms with Crippen molar-refractivity contribution in [2.45, 2.75) is 40.0 Å². The maximum absolute atomic E-state index is 2.47. The minimum Gasteiger partial charge on any atom is -0.295 e. The molecule has 2 heteroatoms. The van der Waals surface area contributed by atoms with Gasteiger partial charge in [-0.05, 0) is 25.3 Å². The lowest BCUT2D eigenvalue weighted by atomic mass is 10.3. The van der Waals surface area contributed by atoms with E-state index >= 15 is 0 Å². The molecule has 0 rings (SSSR count). The molecule has 0 atom stereocenters. The van der Waals surface area contributed by atoms with E-state index in [4.69, 9.17) is 0 Å². The van der Waals surface area contributed by atoms with Gasteiger partial charge in [-0.3, -0.25) is 4.90 Å². The van der Waals surface area contributed by atoms with Crippen LogP contribution in [0.4, 0.5) is 0 Å². The summed E-state index contributed by atoms with van der Waals surface area (Å²) in [6.07, 6.45) is 4.12. The monoisotopic (exact) mass is 189 g/mol. The number of unbranched alkanes of at least 4 members (excludes halogenated alkanes) is 2. The maximum Gasteiger partial charge on any atom is 0.0444 e. The van der Waals surface area contributed by atoms with Crippen molar-refractivity contribution < 1.29 is 0 Å². The molecule has 0 aromatic rings. The third-order valence-corrected chi connectivity index (χ3v) is 3.19. The Morgan fingerprint density at radius 3 is 2.17 bits per heavy atom. The summed E-state index contributed by atoms with van der Waals surface area (Å²) in [4.78, 5) is 2.47. The van der Waals surface area contributed by atoms with Gasteiger partial charge in [0.15, 0.2) is 0 Å². The highest BCUT2D eigenvalue weighted by Crippen LogP contribution is 2.07. The average molecular weight is 189 g/mol. The Labute approximate surface area is 81.9 Å². The van der Waals surface area contributed by atoms with E-state index < -0.39 is 0 Å². The lowest BCUT2D eigenvalue weighted by Gasteiger charge is -2.16. The molecule has 0 spiro atoms. The minimum atomic E-state index is 1.19. The first-order chi connectivity index (χ1) is 5.85. The van der Waals surface area contributed by atoms with Gasteiger partial charge in [0.1, 0.15) is 0 Å². The molecule has 0 aliphatic rings. The van der Waals surface area contributed by atoms with Gasteiger partial charge < -0.3 is 0 Å². The quantitative estimate of drug-likeness (QED) is 0.426. The van der Waals surface area contributed by atoms with Gasteiger partial charge in [-0.2, -0.15) is 0 Å². The molecule has 0 aliphatic carbocycles. The fourth-order valence-corrected chi connectivity index (χ4v) is 2.21. The highest BCUT2D eigenvalue weighted by atomic mass is 32.2. The second kappa shape index (κ2) is 9.40. The molecule has 0 aromatic carbocycles. The Morgan fingerprint density at radius 1 is 1.00 bits per heavy atom. The fraction of sp³-hybridized carbons (Fsp3) is 1.00. The highest BCUT2D eigenvalue weighted by molar-refractivity contribution is 7.99. The third kappa shape index (κ3) is 6.99. The van der Waals surface area contributed by atoms with Gasteiger partial charge in [0, 0.05) is 5.88 Å². The standard InChI is InChI=1S/C10H23NS/c1-4-7-8-9-12-10-11(5-2)6-3/h4-10H2,1-3H3. The molecule has 0 heterocycles. The predicted octanol–water partition coefficient (Wildman–Crippen LogP) is 3.21. The molecule has 0 aliphatic heterocycles. The Kier molecular flexibility index (Phi) is 9.64. The highest BCUT2D eigenvalue weighted by Gasteiger charge is 1.97. The number of nitrogens with zero attached hydrogens (tertiary/aromatic N) is 1. The first kappa shape index (κ1) is 12.3. The zero-order chi connectivity index (χ0) is 9.23. The van der Waals surface area contributed by atoms with Gasteiger partial charge in [0.2, 0.25) is 0 Å².